The van der Waals surface area contributed by atoms with Crippen molar-refractivity contribution in [1.29, 1.82) is 0 Å². The van der Waals surface area contributed by atoms with Gasteiger partial charge in [-0.15, -0.1) is 21.8 Å². The highest BCUT2D eigenvalue weighted by molar-refractivity contribution is 6.16. The second kappa shape index (κ2) is 6.12. The highest BCUT2D eigenvalue weighted by Gasteiger charge is 2.16. The van der Waals surface area contributed by atoms with E-state index >= 15 is 0 Å². The normalized spacial score (nSPS) is 10.9. The van der Waals surface area contributed by atoms with Crippen molar-refractivity contribution in [1.82, 2.24) is 14.8 Å². The van der Waals surface area contributed by atoms with Crippen LogP contribution < -0.4 is 0 Å². The maximum atomic E-state index is 13.9. The summed E-state index contributed by atoms with van der Waals surface area (Å²) in [5.41, 5.74) is 1.39. The first-order valence-electron chi connectivity index (χ1n) is 5.91. The Morgan fingerprint density at radius 2 is 2.16 bits per heavy atom. The number of alkyl halides is 1. The summed E-state index contributed by atoms with van der Waals surface area (Å²) in [7, 11) is 1.61. The van der Waals surface area contributed by atoms with Gasteiger partial charge < -0.3 is 9.30 Å². The molecule has 0 radical (unpaired) electrons. The first-order chi connectivity index (χ1) is 9.17. The Balaban J connectivity index is 2.49. The van der Waals surface area contributed by atoms with Crippen LogP contribution >= 0.6 is 11.6 Å². The number of methoxy groups -OCH3 is 1. The topological polar surface area (TPSA) is 39.9 Å². The third-order valence-electron chi connectivity index (χ3n) is 2.83. The molecule has 0 saturated heterocycles. The average molecular weight is 284 g/mol. The summed E-state index contributed by atoms with van der Waals surface area (Å²) in [4.78, 5) is 0. The Morgan fingerprint density at radius 3 is 2.84 bits per heavy atom. The van der Waals surface area contributed by atoms with E-state index in [0.29, 0.717) is 30.4 Å². The molecule has 0 saturated carbocycles. The van der Waals surface area contributed by atoms with Crippen molar-refractivity contribution in [3.05, 3.63) is 35.4 Å². The lowest BCUT2D eigenvalue weighted by Gasteiger charge is -2.09. The van der Waals surface area contributed by atoms with Gasteiger partial charge in [-0.05, 0) is 19.1 Å². The van der Waals surface area contributed by atoms with Crippen molar-refractivity contribution in [2.75, 3.05) is 13.7 Å². The lowest BCUT2D eigenvalue weighted by molar-refractivity contribution is 0.187. The molecule has 0 fully saturated rings. The first kappa shape index (κ1) is 14.0. The van der Waals surface area contributed by atoms with E-state index in [2.05, 4.69) is 10.2 Å². The molecule has 0 aliphatic carbocycles. The van der Waals surface area contributed by atoms with Crippen LogP contribution in [0.3, 0.4) is 0 Å². The summed E-state index contributed by atoms with van der Waals surface area (Å²) in [6.07, 6.45) is 0. The number of halogens is 2. The third kappa shape index (κ3) is 2.93. The minimum absolute atomic E-state index is 0.226. The van der Waals surface area contributed by atoms with Gasteiger partial charge >= 0.3 is 0 Å². The molecule has 0 aliphatic heterocycles. The summed E-state index contributed by atoms with van der Waals surface area (Å²) in [6.45, 7) is 2.93. The largest absolute Gasteiger partial charge is 0.383 e. The SMILES string of the molecule is COCCn1c(CCl)nnc1-c1cc(C)ccc1F. The number of hydrogen-bond acceptors (Lipinski definition) is 3. The molecule has 1 aromatic carbocycles. The molecule has 1 heterocycles. The van der Waals surface area contributed by atoms with Crippen LogP contribution in [0.5, 0.6) is 0 Å². The summed E-state index contributed by atoms with van der Waals surface area (Å²) < 4.78 is 20.8. The van der Waals surface area contributed by atoms with E-state index in [1.807, 2.05) is 6.92 Å². The van der Waals surface area contributed by atoms with Crippen LogP contribution in [0.25, 0.3) is 11.4 Å². The van der Waals surface area contributed by atoms with Crippen molar-refractivity contribution in [2.45, 2.75) is 19.3 Å². The molecule has 0 bridgehead atoms. The summed E-state index contributed by atoms with van der Waals surface area (Å²) >= 11 is 5.82. The Morgan fingerprint density at radius 1 is 1.37 bits per heavy atom. The molecule has 1 aromatic heterocycles. The van der Waals surface area contributed by atoms with Crippen LogP contribution in [0.4, 0.5) is 4.39 Å². The van der Waals surface area contributed by atoms with Crippen LogP contribution in [0.15, 0.2) is 18.2 Å². The Labute approximate surface area is 116 Å². The molecular formula is C13H15ClFN3O. The quantitative estimate of drug-likeness (QED) is 0.792. The van der Waals surface area contributed by atoms with Gasteiger partial charge in [-0.3, -0.25) is 0 Å². The van der Waals surface area contributed by atoms with Gasteiger partial charge in [0.1, 0.15) is 11.6 Å². The van der Waals surface area contributed by atoms with Gasteiger partial charge in [-0.1, -0.05) is 11.6 Å². The Hall–Kier alpha value is -1.46. The summed E-state index contributed by atoms with van der Waals surface area (Å²) in [5, 5.41) is 8.04. The maximum Gasteiger partial charge on any atom is 0.167 e. The second-order valence-electron chi connectivity index (χ2n) is 4.20. The number of benzene rings is 1. The monoisotopic (exact) mass is 283 g/mol. The molecule has 4 nitrogen and oxygen atoms in total. The smallest absolute Gasteiger partial charge is 0.167 e. The van der Waals surface area contributed by atoms with Crippen molar-refractivity contribution < 1.29 is 9.13 Å². The van der Waals surface area contributed by atoms with Crippen molar-refractivity contribution in [3.8, 4) is 11.4 Å². The fourth-order valence-electron chi connectivity index (χ4n) is 1.86. The van der Waals surface area contributed by atoms with Crippen LogP contribution in [0.2, 0.25) is 0 Å². The van der Waals surface area contributed by atoms with E-state index in [1.54, 1.807) is 23.8 Å². The lowest BCUT2D eigenvalue weighted by atomic mass is 10.1. The number of hydrogen-bond donors (Lipinski definition) is 0. The second-order valence-corrected chi connectivity index (χ2v) is 4.47. The molecular weight excluding hydrogens is 269 g/mol. The summed E-state index contributed by atoms with van der Waals surface area (Å²) in [5.74, 6) is 0.991. The molecule has 6 heteroatoms. The molecule has 0 spiro atoms. The zero-order valence-corrected chi connectivity index (χ0v) is 11.6. The van der Waals surface area contributed by atoms with E-state index < -0.39 is 0 Å². The maximum absolute atomic E-state index is 13.9. The van der Waals surface area contributed by atoms with Gasteiger partial charge in [0, 0.05) is 13.7 Å². The number of aromatic nitrogens is 3. The molecule has 102 valence electrons. The standard InChI is InChI=1S/C13H15ClFN3O/c1-9-3-4-11(15)10(7-9)13-17-16-12(8-14)18(13)5-6-19-2/h3-4,7H,5-6,8H2,1-2H3. The molecule has 19 heavy (non-hydrogen) atoms. The highest BCUT2D eigenvalue weighted by atomic mass is 35.5. The van der Waals surface area contributed by atoms with Crippen LogP contribution in [-0.4, -0.2) is 28.5 Å². The van der Waals surface area contributed by atoms with Crippen LogP contribution in [-0.2, 0) is 17.2 Å². The van der Waals surface area contributed by atoms with Gasteiger partial charge in [-0.2, -0.15) is 0 Å². The van der Waals surface area contributed by atoms with Gasteiger partial charge in [0.25, 0.3) is 0 Å². The van der Waals surface area contributed by atoms with E-state index in [1.165, 1.54) is 6.07 Å². The van der Waals surface area contributed by atoms with Gasteiger partial charge in [-0.25, -0.2) is 4.39 Å². The molecule has 0 atom stereocenters. The summed E-state index contributed by atoms with van der Waals surface area (Å²) in [6, 6.07) is 4.90. The predicted molar refractivity (Wildman–Crippen MR) is 71.6 cm³/mol. The van der Waals surface area contributed by atoms with Crippen molar-refractivity contribution >= 4 is 11.6 Å². The Bertz CT molecular complexity index is 571. The zero-order chi connectivity index (χ0) is 13.8. The van der Waals surface area contributed by atoms with E-state index in [0.717, 1.165) is 5.56 Å². The lowest BCUT2D eigenvalue weighted by Crippen LogP contribution is -2.09. The Kier molecular flexibility index (Phi) is 4.50. The minimum Gasteiger partial charge on any atom is -0.383 e. The highest BCUT2D eigenvalue weighted by Crippen LogP contribution is 2.23. The minimum atomic E-state index is -0.321. The van der Waals surface area contributed by atoms with E-state index in [4.69, 9.17) is 16.3 Å². The molecule has 0 aliphatic rings. The fraction of sp³-hybridized carbons (Fsp3) is 0.385. The number of nitrogens with zero attached hydrogens (tertiary/aromatic N) is 3. The van der Waals surface area contributed by atoms with Crippen LogP contribution in [0, 0.1) is 12.7 Å². The molecule has 0 unspecified atom stereocenters. The zero-order valence-electron chi connectivity index (χ0n) is 10.9. The third-order valence-corrected chi connectivity index (χ3v) is 3.07. The fourth-order valence-corrected chi connectivity index (χ4v) is 2.06. The predicted octanol–water partition coefficient (Wildman–Crippen LogP) is 2.78. The molecule has 2 rings (SSSR count). The number of ether oxygens (including phenoxy) is 1. The van der Waals surface area contributed by atoms with Gasteiger partial charge in [0.2, 0.25) is 0 Å². The van der Waals surface area contributed by atoms with Gasteiger partial charge in [0.15, 0.2) is 5.82 Å². The first-order valence-corrected chi connectivity index (χ1v) is 6.44. The van der Waals surface area contributed by atoms with Gasteiger partial charge in [0.05, 0.1) is 18.1 Å². The molecule has 0 amide bonds. The molecule has 2 aromatic rings. The molecule has 0 N–H and O–H groups in total. The van der Waals surface area contributed by atoms with Crippen LogP contribution in [0.1, 0.15) is 11.4 Å². The number of aryl methyl sites for hydroxylation is 1. The number of rotatable bonds is 5. The van der Waals surface area contributed by atoms with E-state index in [-0.39, 0.29) is 11.7 Å². The van der Waals surface area contributed by atoms with E-state index in [9.17, 15) is 4.39 Å². The van der Waals surface area contributed by atoms with Crippen molar-refractivity contribution in [2.24, 2.45) is 0 Å². The average Bonchev–Trinajstić information content (AvgIpc) is 2.81. The van der Waals surface area contributed by atoms with Crippen molar-refractivity contribution in [3.63, 3.8) is 0 Å².